The Morgan fingerprint density at radius 3 is 2.52 bits per heavy atom. The van der Waals surface area contributed by atoms with Gasteiger partial charge in [0.05, 0.1) is 23.6 Å². The molecule has 0 aliphatic carbocycles. The van der Waals surface area contributed by atoms with E-state index in [2.05, 4.69) is 10.3 Å². The van der Waals surface area contributed by atoms with Crippen LogP contribution in [0.15, 0.2) is 4.52 Å². The average Bonchev–Trinajstić information content (AvgIpc) is 2.92. The van der Waals surface area contributed by atoms with Crippen molar-refractivity contribution in [3.8, 4) is 0 Å². The minimum absolute atomic E-state index is 0.157. The summed E-state index contributed by atoms with van der Waals surface area (Å²) in [5, 5.41) is 8.18. The van der Waals surface area contributed by atoms with Gasteiger partial charge in [0.2, 0.25) is 0 Å². The minimum atomic E-state index is -0.157. The SMILES string of the molecule is CCn1nc(C)c(N)c1C(=O)N(C)Cc1c(C)noc1C. The molecule has 0 radical (unpaired) electrons. The third kappa shape index (κ3) is 2.63. The summed E-state index contributed by atoms with van der Waals surface area (Å²) in [5.74, 6) is 0.565. The van der Waals surface area contributed by atoms with E-state index in [1.165, 1.54) is 0 Å². The lowest BCUT2D eigenvalue weighted by atomic mass is 10.2. The Kier molecular flexibility index (Phi) is 4.02. The molecule has 7 heteroatoms. The van der Waals surface area contributed by atoms with Crippen LogP contribution in [0.1, 0.15) is 40.1 Å². The van der Waals surface area contributed by atoms with E-state index in [9.17, 15) is 4.79 Å². The molecule has 0 aromatic carbocycles. The maximum atomic E-state index is 12.6. The van der Waals surface area contributed by atoms with E-state index in [0.29, 0.717) is 30.2 Å². The van der Waals surface area contributed by atoms with Gasteiger partial charge in [0.1, 0.15) is 11.5 Å². The average molecular weight is 291 g/mol. The van der Waals surface area contributed by atoms with E-state index in [1.807, 2.05) is 20.8 Å². The van der Waals surface area contributed by atoms with Crippen LogP contribution in [0.3, 0.4) is 0 Å². The zero-order valence-electron chi connectivity index (χ0n) is 13.1. The summed E-state index contributed by atoms with van der Waals surface area (Å²) in [5.41, 5.74) is 9.25. The van der Waals surface area contributed by atoms with Crippen LogP contribution in [0.5, 0.6) is 0 Å². The molecular weight excluding hydrogens is 270 g/mol. The molecule has 0 spiro atoms. The number of anilines is 1. The number of hydrogen-bond acceptors (Lipinski definition) is 5. The predicted molar refractivity (Wildman–Crippen MR) is 78.8 cm³/mol. The van der Waals surface area contributed by atoms with E-state index in [0.717, 1.165) is 17.0 Å². The predicted octanol–water partition coefficient (Wildman–Crippen LogP) is 1.67. The number of aromatic nitrogens is 3. The topological polar surface area (TPSA) is 90.2 Å². The van der Waals surface area contributed by atoms with Gasteiger partial charge >= 0.3 is 0 Å². The summed E-state index contributed by atoms with van der Waals surface area (Å²) >= 11 is 0. The van der Waals surface area contributed by atoms with Crippen LogP contribution < -0.4 is 5.73 Å². The summed E-state index contributed by atoms with van der Waals surface area (Å²) in [6, 6.07) is 0. The summed E-state index contributed by atoms with van der Waals surface area (Å²) < 4.78 is 6.76. The van der Waals surface area contributed by atoms with Crippen molar-refractivity contribution in [3.05, 3.63) is 28.4 Å². The van der Waals surface area contributed by atoms with Crippen molar-refractivity contribution in [1.29, 1.82) is 0 Å². The van der Waals surface area contributed by atoms with Crippen molar-refractivity contribution in [2.24, 2.45) is 0 Å². The van der Waals surface area contributed by atoms with Crippen LogP contribution in [0.4, 0.5) is 5.69 Å². The highest BCUT2D eigenvalue weighted by Gasteiger charge is 2.23. The van der Waals surface area contributed by atoms with Crippen molar-refractivity contribution in [2.75, 3.05) is 12.8 Å². The van der Waals surface area contributed by atoms with Gasteiger partial charge in [-0.15, -0.1) is 0 Å². The molecule has 2 heterocycles. The lowest BCUT2D eigenvalue weighted by Crippen LogP contribution is -2.29. The smallest absolute Gasteiger partial charge is 0.274 e. The zero-order chi connectivity index (χ0) is 15.7. The first-order valence-electron chi connectivity index (χ1n) is 6.86. The number of carbonyl (C=O) groups is 1. The second kappa shape index (κ2) is 5.59. The maximum absolute atomic E-state index is 12.6. The number of nitrogens with two attached hydrogens (primary N) is 1. The van der Waals surface area contributed by atoms with Gasteiger partial charge < -0.3 is 15.2 Å². The molecule has 0 aliphatic heterocycles. The number of carbonyl (C=O) groups excluding carboxylic acids is 1. The van der Waals surface area contributed by atoms with Gasteiger partial charge in [-0.2, -0.15) is 5.10 Å². The maximum Gasteiger partial charge on any atom is 0.274 e. The number of hydrogen-bond donors (Lipinski definition) is 1. The zero-order valence-corrected chi connectivity index (χ0v) is 13.1. The molecule has 0 saturated heterocycles. The van der Waals surface area contributed by atoms with Gasteiger partial charge in [-0.1, -0.05) is 5.16 Å². The van der Waals surface area contributed by atoms with E-state index in [-0.39, 0.29) is 5.91 Å². The van der Waals surface area contributed by atoms with E-state index < -0.39 is 0 Å². The summed E-state index contributed by atoms with van der Waals surface area (Å²) in [6.45, 7) is 8.44. The standard InChI is InChI=1S/C14H21N5O2/c1-6-19-13(12(15)9(3)16-19)14(20)18(5)7-11-8(2)17-21-10(11)4/h6-7,15H2,1-5H3. The van der Waals surface area contributed by atoms with Crippen molar-refractivity contribution < 1.29 is 9.32 Å². The molecule has 0 atom stereocenters. The van der Waals surface area contributed by atoms with E-state index in [1.54, 1.807) is 23.6 Å². The van der Waals surface area contributed by atoms with Crippen LogP contribution in [0, 0.1) is 20.8 Å². The van der Waals surface area contributed by atoms with E-state index >= 15 is 0 Å². The van der Waals surface area contributed by atoms with Gasteiger partial charge in [-0.05, 0) is 27.7 Å². The van der Waals surface area contributed by atoms with Gasteiger partial charge in [-0.3, -0.25) is 9.48 Å². The third-order valence-corrected chi connectivity index (χ3v) is 3.60. The lowest BCUT2D eigenvalue weighted by Gasteiger charge is -2.18. The monoisotopic (exact) mass is 291 g/mol. The molecule has 1 amide bonds. The van der Waals surface area contributed by atoms with Crippen LogP contribution in [0.25, 0.3) is 0 Å². The number of nitrogens with zero attached hydrogens (tertiary/aromatic N) is 4. The first-order valence-corrected chi connectivity index (χ1v) is 6.86. The fraction of sp³-hybridized carbons (Fsp3) is 0.500. The highest BCUT2D eigenvalue weighted by atomic mass is 16.5. The third-order valence-electron chi connectivity index (χ3n) is 3.60. The van der Waals surface area contributed by atoms with Crippen LogP contribution in [0.2, 0.25) is 0 Å². The Morgan fingerprint density at radius 1 is 1.33 bits per heavy atom. The second-order valence-corrected chi connectivity index (χ2v) is 5.13. The molecule has 0 fully saturated rings. The van der Waals surface area contributed by atoms with Crippen molar-refractivity contribution in [2.45, 2.75) is 40.8 Å². The Bertz CT molecular complexity index is 652. The fourth-order valence-electron chi connectivity index (χ4n) is 2.27. The Morgan fingerprint density at radius 2 is 2.00 bits per heavy atom. The molecule has 0 bridgehead atoms. The normalized spacial score (nSPS) is 10.9. The van der Waals surface area contributed by atoms with Crippen molar-refractivity contribution in [3.63, 3.8) is 0 Å². The van der Waals surface area contributed by atoms with Crippen molar-refractivity contribution >= 4 is 11.6 Å². The number of rotatable bonds is 4. The highest BCUT2D eigenvalue weighted by molar-refractivity contribution is 5.97. The first-order chi connectivity index (χ1) is 9.86. The molecule has 21 heavy (non-hydrogen) atoms. The lowest BCUT2D eigenvalue weighted by molar-refractivity contribution is 0.0773. The highest BCUT2D eigenvalue weighted by Crippen LogP contribution is 2.20. The van der Waals surface area contributed by atoms with Gasteiger partial charge in [-0.25, -0.2) is 0 Å². The number of amides is 1. The largest absolute Gasteiger partial charge is 0.395 e. The second-order valence-electron chi connectivity index (χ2n) is 5.13. The molecule has 2 rings (SSSR count). The molecule has 2 N–H and O–H groups in total. The van der Waals surface area contributed by atoms with Crippen molar-refractivity contribution in [1.82, 2.24) is 19.8 Å². The molecule has 114 valence electrons. The molecule has 0 aliphatic rings. The Labute approximate surface area is 123 Å². The van der Waals surface area contributed by atoms with Gasteiger partial charge in [0, 0.05) is 19.2 Å². The molecule has 2 aromatic rings. The molecule has 0 unspecified atom stereocenters. The first kappa shape index (κ1) is 15.1. The Hall–Kier alpha value is -2.31. The van der Waals surface area contributed by atoms with Crippen LogP contribution in [-0.4, -0.2) is 32.8 Å². The Balaban J connectivity index is 2.28. The summed E-state index contributed by atoms with van der Waals surface area (Å²) in [7, 11) is 1.73. The summed E-state index contributed by atoms with van der Waals surface area (Å²) in [6.07, 6.45) is 0. The summed E-state index contributed by atoms with van der Waals surface area (Å²) in [4.78, 5) is 14.2. The quantitative estimate of drug-likeness (QED) is 0.925. The van der Waals surface area contributed by atoms with E-state index in [4.69, 9.17) is 10.3 Å². The minimum Gasteiger partial charge on any atom is -0.395 e. The number of nitrogen functional groups attached to an aromatic ring is 1. The molecular formula is C14H21N5O2. The molecule has 0 saturated carbocycles. The van der Waals surface area contributed by atoms with Gasteiger partial charge in [0.15, 0.2) is 0 Å². The number of aryl methyl sites for hydroxylation is 4. The van der Waals surface area contributed by atoms with Gasteiger partial charge in [0.25, 0.3) is 5.91 Å². The fourth-order valence-corrected chi connectivity index (χ4v) is 2.27. The molecule has 2 aromatic heterocycles. The van der Waals surface area contributed by atoms with Crippen LogP contribution in [-0.2, 0) is 13.1 Å². The van der Waals surface area contributed by atoms with Crippen LogP contribution >= 0.6 is 0 Å². The molecule has 7 nitrogen and oxygen atoms in total.